The fourth-order valence-corrected chi connectivity index (χ4v) is 2.41. The lowest BCUT2D eigenvalue weighted by Gasteiger charge is -2.22. The van der Waals surface area contributed by atoms with Crippen molar-refractivity contribution in [2.24, 2.45) is 0 Å². The zero-order valence-electron chi connectivity index (χ0n) is 8.33. The van der Waals surface area contributed by atoms with Gasteiger partial charge in [0.05, 0.1) is 13.2 Å². The van der Waals surface area contributed by atoms with E-state index in [-0.39, 0.29) is 0 Å². The number of rotatable bonds is 2. The van der Waals surface area contributed by atoms with E-state index in [0.29, 0.717) is 18.5 Å². The van der Waals surface area contributed by atoms with Gasteiger partial charge in [0.15, 0.2) is 0 Å². The lowest BCUT2D eigenvalue weighted by Crippen LogP contribution is -2.32. The minimum Gasteiger partial charge on any atom is -0.329 e. The second kappa shape index (κ2) is 3.66. The zero-order chi connectivity index (χ0) is 9.26. The predicted octanol–water partition coefficient (Wildman–Crippen LogP) is 1.05. The van der Waals surface area contributed by atoms with E-state index in [1.807, 2.05) is 4.90 Å². The molecule has 13 heavy (non-hydrogen) atoms. The first-order chi connectivity index (χ1) is 6.31. The molecule has 0 aromatic carbocycles. The summed E-state index contributed by atoms with van der Waals surface area (Å²) in [5.74, 6) is 0.314. The van der Waals surface area contributed by atoms with Crippen LogP contribution in [0.25, 0.3) is 0 Å². The van der Waals surface area contributed by atoms with Crippen LogP contribution in [-0.4, -0.2) is 41.5 Å². The number of carbonyl (C=O) groups is 1. The van der Waals surface area contributed by atoms with Crippen molar-refractivity contribution in [2.75, 3.05) is 19.8 Å². The summed E-state index contributed by atoms with van der Waals surface area (Å²) in [6.07, 6.45) is 5.29. The van der Waals surface area contributed by atoms with E-state index >= 15 is 0 Å². The standard InChI is InChI=1S/C10H18N2O/c1-2-11-8-12(7-10(11)13)9-5-3-4-6-9/h9H,2-8H2,1H3. The van der Waals surface area contributed by atoms with Crippen LogP contribution in [-0.2, 0) is 4.79 Å². The SMILES string of the molecule is CCN1CN(C2CCCC2)CC1=O. The highest BCUT2D eigenvalue weighted by atomic mass is 16.2. The molecular weight excluding hydrogens is 164 g/mol. The molecule has 74 valence electrons. The Morgan fingerprint density at radius 3 is 2.62 bits per heavy atom. The van der Waals surface area contributed by atoms with E-state index in [1.54, 1.807) is 0 Å². The summed E-state index contributed by atoms with van der Waals surface area (Å²) in [6.45, 7) is 4.45. The van der Waals surface area contributed by atoms with Gasteiger partial charge >= 0.3 is 0 Å². The van der Waals surface area contributed by atoms with Crippen LogP contribution in [0.3, 0.4) is 0 Å². The second-order valence-corrected chi connectivity index (χ2v) is 4.08. The number of hydrogen-bond acceptors (Lipinski definition) is 2. The van der Waals surface area contributed by atoms with E-state index in [4.69, 9.17) is 0 Å². The molecule has 1 amide bonds. The Labute approximate surface area is 79.7 Å². The molecule has 1 saturated heterocycles. The highest BCUT2D eigenvalue weighted by Gasteiger charge is 2.32. The summed E-state index contributed by atoms with van der Waals surface area (Å²) < 4.78 is 0. The van der Waals surface area contributed by atoms with Gasteiger partial charge < -0.3 is 4.90 Å². The van der Waals surface area contributed by atoms with Gasteiger partial charge in [-0.2, -0.15) is 0 Å². The Hall–Kier alpha value is -0.570. The van der Waals surface area contributed by atoms with Crippen LogP contribution in [0.5, 0.6) is 0 Å². The molecule has 3 heteroatoms. The minimum absolute atomic E-state index is 0.314. The van der Waals surface area contributed by atoms with Crippen molar-refractivity contribution in [2.45, 2.75) is 38.6 Å². The Morgan fingerprint density at radius 2 is 2.08 bits per heavy atom. The van der Waals surface area contributed by atoms with Crippen LogP contribution < -0.4 is 0 Å². The van der Waals surface area contributed by atoms with Crippen molar-refractivity contribution in [3.63, 3.8) is 0 Å². The fourth-order valence-electron chi connectivity index (χ4n) is 2.41. The van der Waals surface area contributed by atoms with E-state index in [1.165, 1.54) is 25.7 Å². The fraction of sp³-hybridized carbons (Fsp3) is 0.900. The van der Waals surface area contributed by atoms with Crippen molar-refractivity contribution >= 4 is 5.91 Å². The van der Waals surface area contributed by atoms with Gasteiger partial charge in [0.2, 0.25) is 5.91 Å². The zero-order valence-corrected chi connectivity index (χ0v) is 8.33. The Morgan fingerprint density at radius 1 is 1.38 bits per heavy atom. The molecule has 0 N–H and O–H groups in total. The van der Waals surface area contributed by atoms with Gasteiger partial charge in [-0.1, -0.05) is 12.8 Å². The second-order valence-electron chi connectivity index (χ2n) is 4.08. The first-order valence-electron chi connectivity index (χ1n) is 5.33. The summed E-state index contributed by atoms with van der Waals surface area (Å²) in [6, 6.07) is 0.695. The molecule has 0 bridgehead atoms. The van der Waals surface area contributed by atoms with Gasteiger partial charge in [0.1, 0.15) is 0 Å². The average molecular weight is 182 g/mol. The molecule has 0 aromatic rings. The van der Waals surface area contributed by atoms with Crippen LogP contribution in [0.15, 0.2) is 0 Å². The molecule has 1 heterocycles. The van der Waals surface area contributed by atoms with Gasteiger partial charge in [-0.15, -0.1) is 0 Å². The quantitative estimate of drug-likeness (QED) is 0.637. The Kier molecular flexibility index (Phi) is 2.54. The molecule has 2 aliphatic rings. The van der Waals surface area contributed by atoms with Crippen LogP contribution in [0.1, 0.15) is 32.6 Å². The molecule has 1 aliphatic heterocycles. The number of amides is 1. The highest BCUT2D eigenvalue weighted by Crippen LogP contribution is 2.25. The number of hydrogen-bond donors (Lipinski definition) is 0. The van der Waals surface area contributed by atoms with Gasteiger partial charge in [-0.3, -0.25) is 9.69 Å². The third-order valence-electron chi connectivity index (χ3n) is 3.27. The smallest absolute Gasteiger partial charge is 0.237 e. The Balaban J connectivity index is 1.92. The summed E-state index contributed by atoms with van der Waals surface area (Å²) in [5.41, 5.74) is 0. The van der Waals surface area contributed by atoms with E-state index < -0.39 is 0 Å². The van der Waals surface area contributed by atoms with Crippen LogP contribution in [0.4, 0.5) is 0 Å². The van der Waals surface area contributed by atoms with Crippen LogP contribution >= 0.6 is 0 Å². The van der Waals surface area contributed by atoms with Crippen LogP contribution in [0.2, 0.25) is 0 Å². The average Bonchev–Trinajstić information content (AvgIpc) is 2.71. The monoisotopic (exact) mass is 182 g/mol. The first-order valence-corrected chi connectivity index (χ1v) is 5.33. The van der Waals surface area contributed by atoms with Crippen molar-refractivity contribution in [3.8, 4) is 0 Å². The Bertz CT molecular complexity index is 199. The topological polar surface area (TPSA) is 23.6 Å². The maximum Gasteiger partial charge on any atom is 0.237 e. The van der Waals surface area contributed by atoms with Gasteiger partial charge in [-0.05, 0) is 19.8 Å². The van der Waals surface area contributed by atoms with Crippen molar-refractivity contribution in [1.29, 1.82) is 0 Å². The molecular formula is C10H18N2O. The molecule has 0 radical (unpaired) electrons. The normalized spacial score (nSPS) is 26.2. The van der Waals surface area contributed by atoms with Crippen molar-refractivity contribution < 1.29 is 4.79 Å². The summed E-state index contributed by atoms with van der Waals surface area (Å²) in [4.78, 5) is 15.7. The third kappa shape index (κ3) is 1.70. The molecule has 0 unspecified atom stereocenters. The maximum atomic E-state index is 11.5. The lowest BCUT2D eigenvalue weighted by atomic mass is 10.2. The maximum absolute atomic E-state index is 11.5. The number of carbonyl (C=O) groups excluding carboxylic acids is 1. The molecule has 0 atom stereocenters. The number of likely N-dealkylation sites (N-methyl/N-ethyl adjacent to an activating group) is 1. The van der Waals surface area contributed by atoms with Gasteiger partial charge in [-0.25, -0.2) is 0 Å². The molecule has 2 rings (SSSR count). The highest BCUT2D eigenvalue weighted by molar-refractivity contribution is 5.80. The first kappa shape index (κ1) is 9.00. The van der Waals surface area contributed by atoms with Crippen LogP contribution in [0, 0.1) is 0 Å². The lowest BCUT2D eigenvalue weighted by molar-refractivity contribution is -0.126. The van der Waals surface area contributed by atoms with Crippen molar-refractivity contribution in [1.82, 2.24) is 9.80 Å². The molecule has 0 aromatic heterocycles. The summed E-state index contributed by atoms with van der Waals surface area (Å²) >= 11 is 0. The molecule has 3 nitrogen and oxygen atoms in total. The van der Waals surface area contributed by atoms with E-state index in [9.17, 15) is 4.79 Å². The summed E-state index contributed by atoms with van der Waals surface area (Å²) in [5, 5.41) is 0. The molecule has 2 fully saturated rings. The predicted molar refractivity (Wildman–Crippen MR) is 51.2 cm³/mol. The van der Waals surface area contributed by atoms with Crippen molar-refractivity contribution in [3.05, 3.63) is 0 Å². The van der Waals surface area contributed by atoms with Gasteiger partial charge in [0, 0.05) is 12.6 Å². The summed E-state index contributed by atoms with van der Waals surface area (Å²) in [7, 11) is 0. The minimum atomic E-state index is 0.314. The molecule has 1 saturated carbocycles. The number of nitrogens with zero attached hydrogens (tertiary/aromatic N) is 2. The van der Waals surface area contributed by atoms with E-state index in [0.717, 1.165) is 13.2 Å². The van der Waals surface area contributed by atoms with Gasteiger partial charge in [0.25, 0.3) is 0 Å². The molecule has 1 aliphatic carbocycles. The largest absolute Gasteiger partial charge is 0.329 e. The van der Waals surface area contributed by atoms with E-state index in [2.05, 4.69) is 11.8 Å². The third-order valence-corrected chi connectivity index (χ3v) is 3.27. The molecule has 0 spiro atoms.